The smallest absolute Gasteiger partial charge is 0.330 e. The second kappa shape index (κ2) is 7.10. The molecule has 0 aromatic rings. The Balaban J connectivity index is 4.04. The van der Waals surface area contributed by atoms with Gasteiger partial charge in [0, 0.05) is 12.0 Å². The normalized spacial score (nSPS) is 15.9. The van der Waals surface area contributed by atoms with E-state index in [1.54, 1.807) is 13.8 Å². The molecule has 0 saturated carbocycles. The Kier molecular flexibility index (Phi) is 6.97. The summed E-state index contributed by atoms with van der Waals surface area (Å²) in [6.07, 6.45) is 1.89. The molecular formula is C9H14Cl2O3. The van der Waals surface area contributed by atoms with Crippen molar-refractivity contribution < 1.29 is 14.6 Å². The third kappa shape index (κ3) is 5.47. The molecule has 0 heterocycles. The summed E-state index contributed by atoms with van der Waals surface area (Å²) in [6, 6.07) is 0. The maximum absolute atomic E-state index is 10.9. The number of rotatable bonds is 5. The van der Waals surface area contributed by atoms with Gasteiger partial charge in [-0.15, -0.1) is 23.2 Å². The van der Waals surface area contributed by atoms with Gasteiger partial charge in [0.1, 0.15) is 4.84 Å². The summed E-state index contributed by atoms with van der Waals surface area (Å²) < 4.78 is 4.66. The van der Waals surface area contributed by atoms with Crippen molar-refractivity contribution in [1.82, 2.24) is 0 Å². The Morgan fingerprint density at radius 2 is 2.14 bits per heavy atom. The molecule has 0 spiro atoms. The molecule has 0 amide bonds. The average Bonchev–Trinajstić information content (AvgIpc) is 2.13. The monoisotopic (exact) mass is 240 g/mol. The van der Waals surface area contributed by atoms with Crippen molar-refractivity contribution in [2.75, 3.05) is 6.61 Å². The van der Waals surface area contributed by atoms with Gasteiger partial charge >= 0.3 is 5.97 Å². The molecule has 14 heavy (non-hydrogen) atoms. The molecule has 2 atom stereocenters. The van der Waals surface area contributed by atoms with E-state index in [0.717, 1.165) is 0 Å². The van der Waals surface area contributed by atoms with E-state index < -0.39 is 16.9 Å². The topological polar surface area (TPSA) is 46.5 Å². The van der Waals surface area contributed by atoms with E-state index >= 15 is 0 Å². The molecule has 1 N–H and O–H groups in total. The first-order valence-electron chi connectivity index (χ1n) is 4.30. The minimum absolute atomic E-state index is 0.292. The molecule has 0 fully saturated rings. The lowest BCUT2D eigenvalue weighted by Crippen LogP contribution is -2.23. The van der Waals surface area contributed by atoms with Crippen LogP contribution in [0.2, 0.25) is 0 Å². The summed E-state index contributed by atoms with van der Waals surface area (Å²) in [5.74, 6) is -0.730. The van der Waals surface area contributed by atoms with Crippen LogP contribution in [-0.2, 0) is 9.53 Å². The first-order chi connectivity index (χ1) is 6.49. The third-order valence-corrected chi connectivity index (χ3v) is 2.14. The molecule has 82 valence electrons. The van der Waals surface area contributed by atoms with Crippen LogP contribution in [0.15, 0.2) is 12.2 Å². The van der Waals surface area contributed by atoms with Crippen molar-refractivity contribution in [2.45, 2.75) is 24.8 Å². The van der Waals surface area contributed by atoms with Crippen LogP contribution in [0.25, 0.3) is 0 Å². The van der Waals surface area contributed by atoms with Crippen molar-refractivity contribution in [3.63, 3.8) is 0 Å². The highest BCUT2D eigenvalue weighted by molar-refractivity contribution is 6.44. The quantitative estimate of drug-likeness (QED) is 0.454. The van der Waals surface area contributed by atoms with E-state index in [-0.39, 0.29) is 5.92 Å². The Labute approximate surface area is 93.6 Å². The zero-order valence-electron chi connectivity index (χ0n) is 8.11. The number of carbonyl (C=O) groups excluding carboxylic acids is 1. The van der Waals surface area contributed by atoms with E-state index in [9.17, 15) is 9.90 Å². The average molecular weight is 241 g/mol. The number of ether oxygens (including phenoxy) is 1. The molecule has 0 radical (unpaired) electrons. The predicted octanol–water partition coefficient (Wildman–Crippen LogP) is 1.91. The number of alkyl halides is 2. The van der Waals surface area contributed by atoms with Crippen molar-refractivity contribution in [3.05, 3.63) is 12.2 Å². The highest BCUT2D eigenvalue weighted by Crippen LogP contribution is 2.16. The number of aliphatic hydroxyl groups excluding tert-OH is 1. The molecule has 0 unspecified atom stereocenters. The second-order valence-electron chi connectivity index (χ2n) is 2.80. The van der Waals surface area contributed by atoms with Crippen molar-refractivity contribution >= 4 is 29.2 Å². The molecule has 0 saturated heterocycles. The van der Waals surface area contributed by atoms with Gasteiger partial charge in [-0.2, -0.15) is 0 Å². The maximum Gasteiger partial charge on any atom is 0.330 e. The number of carbonyl (C=O) groups is 1. The van der Waals surface area contributed by atoms with Crippen molar-refractivity contribution in [2.24, 2.45) is 5.92 Å². The lowest BCUT2D eigenvalue weighted by molar-refractivity contribution is -0.137. The molecule has 0 rings (SSSR count). The zero-order chi connectivity index (χ0) is 11.1. The number of aliphatic hydroxyl groups is 1. The van der Waals surface area contributed by atoms with Gasteiger partial charge in [0.2, 0.25) is 0 Å². The minimum atomic E-state index is -0.885. The largest absolute Gasteiger partial charge is 0.463 e. The van der Waals surface area contributed by atoms with Crippen LogP contribution < -0.4 is 0 Å². The van der Waals surface area contributed by atoms with Crippen LogP contribution >= 0.6 is 23.2 Å². The lowest BCUT2D eigenvalue weighted by atomic mass is 10.1. The number of hydrogen-bond acceptors (Lipinski definition) is 3. The van der Waals surface area contributed by atoms with Gasteiger partial charge in [-0.1, -0.05) is 13.0 Å². The first kappa shape index (κ1) is 13.8. The molecule has 3 nitrogen and oxygen atoms in total. The summed E-state index contributed by atoms with van der Waals surface area (Å²) in [4.78, 5) is 10.0. The Morgan fingerprint density at radius 3 is 2.57 bits per heavy atom. The third-order valence-electron chi connectivity index (χ3n) is 1.62. The summed E-state index contributed by atoms with van der Waals surface area (Å²) >= 11 is 10.9. The molecular weight excluding hydrogens is 227 g/mol. The Bertz CT molecular complexity index is 204. The lowest BCUT2D eigenvalue weighted by Gasteiger charge is -2.15. The fraction of sp³-hybridized carbons (Fsp3) is 0.667. The van der Waals surface area contributed by atoms with Gasteiger partial charge in [-0.25, -0.2) is 4.79 Å². The Hall–Kier alpha value is -0.250. The van der Waals surface area contributed by atoms with Crippen LogP contribution in [0.5, 0.6) is 0 Å². The van der Waals surface area contributed by atoms with Gasteiger partial charge in [-0.05, 0) is 6.92 Å². The van der Waals surface area contributed by atoms with Gasteiger partial charge in [0.25, 0.3) is 0 Å². The van der Waals surface area contributed by atoms with E-state index in [2.05, 4.69) is 4.74 Å². The number of hydrogen-bond donors (Lipinski definition) is 1. The highest BCUT2D eigenvalue weighted by atomic mass is 35.5. The minimum Gasteiger partial charge on any atom is -0.463 e. The molecule has 0 aromatic heterocycles. The van der Waals surface area contributed by atoms with Crippen LogP contribution in [0, 0.1) is 5.92 Å². The summed E-state index contributed by atoms with van der Waals surface area (Å²) in [6.45, 7) is 3.75. The predicted molar refractivity (Wildman–Crippen MR) is 56.4 cm³/mol. The van der Waals surface area contributed by atoms with Gasteiger partial charge < -0.3 is 9.84 Å². The van der Waals surface area contributed by atoms with Crippen LogP contribution in [0.3, 0.4) is 0 Å². The van der Waals surface area contributed by atoms with Gasteiger partial charge in [0.15, 0.2) is 0 Å². The maximum atomic E-state index is 10.9. The molecule has 0 bridgehead atoms. The van der Waals surface area contributed by atoms with E-state index in [1.165, 1.54) is 12.2 Å². The molecule has 0 aliphatic heterocycles. The second-order valence-corrected chi connectivity index (χ2v) is 3.96. The molecule has 5 heteroatoms. The van der Waals surface area contributed by atoms with Crippen molar-refractivity contribution in [3.8, 4) is 0 Å². The fourth-order valence-electron chi connectivity index (χ4n) is 0.764. The number of halogens is 2. The molecule has 0 aliphatic rings. The SMILES string of the molecule is CCOC(=O)/C=C/[C@@H](C)[C@@H](O)C(Cl)Cl. The van der Waals surface area contributed by atoms with E-state index in [0.29, 0.717) is 6.61 Å². The van der Waals surface area contributed by atoms with Crippen LogP contribution in [0.4, 0.5) is 0 Å². The number of esters is 1. The summed E-state index contributed by atoms with van der Waals surface area (Å²) in [5.41, 5.74) is 0. The van der Waals surface area contributed by atoms with Crippen molar-refractivity contribution in [1.29, 1.82) is 0 Å². The van der Waals surface area contributed by atoms with Crippen LogP contribution in [-0.4, -0.2) is 28.6 Å². The fourth-order valence-corrected chi connectivity index (χ4v) is 1.22. The molecule has 0 aliphatic carbocycles. The zero-order valence-corrected chi connectivity index (χ0v) is 9.63. The van der Waals surface area contributed by atoms with Crippen LogP contribution in [0.1, 0.15) is 13.8 Å². The first-order valence-corrected chi connectivity index (χ1v) is 5.17. The van der Waals surface area contributed by atoms with Gasteiger partial charge in [0.05, 0.1) is 12.7 Å². The molecule has 0 aromatic carbocycles. The van der Waals surface area contributed by atoms with Gasteiger partial charge in [-0.3, -0.25) is 0 Å². The Morgan fingerprint density at radius 1 is 1.57 bits per heavy atom. The summed E-state index contributed by atoms with van der Waals surface area (Å²) in [5, 5.41) is 9.37. The van der Waals surface area contributed by atoms with E-state index in [1.807, 2.05) is 0 Å². The standard InChI is InChI=1S/C9H14Cl2O3/c1-3-14-7(12)5-4-6(2)8(13)9(10)11/h4-6,8-9,13H,3H2,1-2H3/b5-4+/t6-,8-/m1/s1. The summed E-state index contributed by atoms with van der Waals surface area (Å²) in [7, 11) is 0. The van der Waals surface area contributed by atoms with E-state index in [4.69, 9.17) is 23.2 Å². The highest BCUT2D eigenvalue weighted by Gasteiger charge is 2.18.